The van der Waals surface area contributed by atoms with Crippen molar-refractivity contribution in [3.8, 4) is 40.1 Å². The summed E-state index contributed by atoms with van der Waals surface area (Å²) in [4.78, 5) is 8.54. The first-order valence-electron chi connectivity index (χ1n) is 9.21. The Morgan fingerprint density at radius 3 is 2.71 bits per heavy atom. The fraction of sp³-hybridized carbons (Fsp3) is 0.0455. The van der Waals surface area contributed by atoms with Crippen molar-refractivity contribution in [2.75, 3.05) is 0 Å². The molecule has 2 aromatic carbocycles. The summed E-state index contributed by atoms with van der Waals surface area (Å²) in [6.07, 6.45) is 3.14. The average molecular weight is 414 g/mol. The van der Waals surface area contributed by atoms with E-state index in [1.165, 1.54) is 18.3 Å². The maximum Gasteiger partial charge on any atom is 0.169 e. The van der Waals surface area contributed by atoms with E-state index < -0.39 is 11.6 Å². The van der Waals surface area contributed by atoms with E-state index in [1.54, 1.807) is 35.1 Å². The number of fused-ring (bicyclic) bond motifs is 1. The number of halogens is 2. The lowest BCUT2D eigenvalue weighted by Gasteiger charge is -2.03. The Labute approximate surface area is 174 Å². The number of hydrogen-bond donors (Lipinski definition) is 0. The minimum atomic E-state index is -0.992. The zero-order valence-corrected chi connectivity index (χ0v) is 15.8. The van der Waals surface area contributed by atoms with Gasteiger partial charge in [-0.05, 0) is 24.3 Å². The lowest BCUT2D eigenvalue weighted by Crippen LogP contribution is -2.04. The highest BCUT2D eigenvalue weighted by Gasteiger charge is 2.18. The number of aromatic nitrogens is 5. The second kappa shape index (κ2) is 7.42. The van der Waals surface area contributed by atoms with Crippen molar-refractivity contribution in [3.63, 3.8) is 0 Å². The van der Waals surface area contributed by atoms with Crippen LogP contribution < -0.4 is 0 Å². The molecule has 0 spiro atoms. The summed E-state index contributed by atoms with van der Waals surface area (Å²) >= 11 is 0. The summed E-state index contributed by atoms with van der Waals surface area (Å²) in [5.41, 5.74) is 2.83. The maximum absolute atomic E-state index is 14.1. The molecule has 0 saturated carbocycles. The van der Waals surface area contributed by atoms with E-state index in [2.05, 4.69) is 26.3 Å². The van der Waals surface area contributed by atoms with E-state index in [0.29, 0.717) is 28.4 Å². The van der Waals surface area contributed by atoms with Gasteiger partial charge < -0.3 is 4.52 Å². The first-order valence-corrected chi connectivity index (χ1v) is 9.21. The van der Waals surface area contributed by atoms with Crippen LogP contribution in [0.15, 0.2) is 65.4 Å². The molecule has 3 aromatic rings. The van der Waals surface area contributed by atoms with E-state index >= 15 is 0 Å². The molecule has 31 heavy (non-hydrogen) atoms. The number of nitriles is 1. The van der Waals surface area contributed by atoms with Crippen LogP contribution in [0.3, 0.4) is 0 Å². The number of imidazole rings is 1. The van der Waals surface area contributed by atoms with Gasteiger partial charge in [0, 0.05) is 11.6 Å². The summed E-state index contributed by atoms with van der Waals surface area (Å²) in [5.74, 6) is -1.31. The van der Waals surface area contributed by atoms with Crippen LogP contribution in [0.2, 0.25) is 0 Å². The number of nitrogens with zero attached hydrogens (tertiary/aromatic N) is 6. The van der Waals surface area contributed by atoms with Gasteiger partial charge in [0.15, 0.2) is 23.2 Å². The predicted molar refractivity (Wildman–Crippen MR) is 106 cm³/mol. The smallest absolute Gasteiger partial charge is 0.169 e. The highest BCUT2D eigenvalue weighted by Crippen LogP contribution is 2.27. The topological polar surface area (TPSA) is 93.4 Å². The summed E-state index contributed by atoms with van der Waals surface area (Å²) in [5, 5.41) is 17.4. The molecule has 0 N–H and O–H groups in total. The van der Waals surface area contributed by atoms with Gasteiger partial charge in [0.05, 0.1) is 29.6 Å². The molecular weight excluding hydrogens is 402 g/mol. The second-order valence-electron chi connectivity index (χ2n) is 6.76. The summed E-state index contributed by atoms with van der Waals surface area (Å²) < 4.78 is 34.5. The molecule has 0 amide bonds. The van der Waals surface area contributed by atoms with Crippen LogP contribution in [-0.2, 0) is 6.54 Å². The van der Waals surface area contributed by atoms with Gasteiger partial charge in [-0.2, -0.15) is 10.4 Å². The third kappa shape index (κ3) is 3.51. The standard InChI is InChI=1S/C22H12F2N6O/c23-17-6-2-5-16(21(17)24)22-27-19-10-26-30(12-20(19)28-22)11-15-8-18(29-31-15)14-4-1-3-13(7-14)9-25/h1-8,10,12H,11H2. The fourth-order valence-electron chi connectivity index (χ4n) is 3.18. The minimum absolute atomic E-state index is 0.0118. The highest BCUT2D eigenvalue weighted by atomic mass is 19.2. The van der Waals surface area contributed by atoms with E-state index in [0.717, 1.165) is 11.6 Å². The Morgan fingerprint density at radius 2 is 1.84 bits per heavy atom. The van der Waals surface area contributed by atoms with Gasteiger partial charge in [-0.15, -0.1) is 0 Å². The molecule has 2 aliphatic rings. The number of benzene rings is 2. The van der Waals surface area contributed by atoms with Crippen LogP contribution in [0, 0.1) is 23.0 Å². The number of hydrogen-bond acceptors (Lipinski definition) is 6. The van der Waals surface area contributed by atoms with Crippen molar-refractivity contribution < 1.29 is 13.3 Å². The Morgan fingerprint density at radius 1 is 1.00 bits per heavy atom. The predicted octanol–water partition coefficient (Wildman–Crippen LogP) is 4.30. The Bertz CT molecular complexity index is 1420. The minimum Gasteiger partial charge on any atom is -0.359 e. The zero-order chi connectivity index (χ0) is 21.4. The van der Waals surface area contributed by atoms with Gasteiger partial charge >= 0.3 is 0 Å². The van der Waals surface area contributed by atoms with Gasteiger partial charge in [-0.25, -0.2) is 18.7 Å². The second-order valence-corrected chi connectivity index (χ2v) is 6.76. The normalized spacial score (nSPS) is 11.0. The zero-order valence-electron chi connectivity index (χ0n) is 15.8. The van der Waals surface area contributed by atoms with Gasteiger partial charge in [-0.3, -0.25) is 4.68 Å². The van der Waals surface area contributed by atoms with Crippen molar-refractivity contribution in [2.45, 2.75) is 6.54 Å². The molecule has 0 unspecified atom stereocenters. The van der Waals surface area contributed by atoms with Crippen LogP contribution >= 0.6 is 0 Å². The fourth-order valence-corrected chi connectivity index (χ4v) is 3.18. The van der Waals surface area contributed by atoms with Crippen LogP contribution in [0.5, 0.6) is 0 Å². The lowest BCUT2D eigenvalue weighted by molar-refractivity contribution is 0.372. The van der Waals surface area contributed by atoms with Crippen molar-refractivity contribution >= 4 is 0 Å². The van der Waals surface area contributed by atoms with E-state index in [1.807, 2.05) is 6.07 Å². The molecule has 0 atom stereocenters. The molecule has 2 aliphatic heterocycles. The first kappa shape index (κ1) is 18.6. The molecule has 0 radical (unpaired) electrons. The summed E-state index contributed by atoms with van der Waals surface area (Å²) in [7, 11) is 0. The molecular formula is C22H12F2N6O. The van der Waals surface area contributed by atoms with Crippen LogP contribution in [-0.4, -0.2) is 24.9 Å². The largest absolute Gasteiger partial charge is 0.359 e. The van der Waals surface area contributed by atoms with Gasteiger partial charge in [-0.1, -0.05) is 23.4 Å². The Balaban J connectivity index is 1.42. The molecule has 5 rings (SSSR count). The third-order valence-corrected chi connectivity index (χ3v) is 4.67. The van der Waals surface area contributed by atoms with Crippen LogP contribution in [0.1, 0.15) is 11.3 Å². The summed E-state index contributed by atoms with van der Waals surface area (Å²) in [6.45, 7) is 0.275. The average Bonchev–Trinajstić information content (AvgIpc) is 3.42. The Kier molecular flexibility index (Phi) is 4.45. The lowest BCUT2D eigenvalue weighted by atomic mass is 10.1. The van der Waals surface area contributed by atoms with Crippen molar-refractivity contribution in [1.82, 2.24) is 24.9 Å². The highest BCUT2D eigenvalue weighted by molar-refractivity contribution is 5.65. The molecule has 0 bridgehead atoms. The molecule has 0 fully saturated rings. The molecule has 9 heteroatoms. The third-order valence-electron chi connectivity index (χ3n) is 4.67. The number of rotatable bonds is 4. The molecule has 7 nitrogen and oxygen atoms in total. The monoisotopic (exact) mass is 414 g/mol. The van der Waals surface area contributed by atoms with E-state index in [-0.39, 0.29) is 17.9 Å². The molecule has 150 valence electrons. The maximum atomic E-state index is 14.1. The molecule has 3 heterocycles. The first-order chi connectivity index (χ1) is 15.1. The SMILES string of the molecule is N#Cc1cccc(-c2cc(Cn3cc4nc(-c5cccc(F)c5F)nc-4cn3)on2)c1. The van der Waals surface area contributed by atoms with Crippen LogP contribution in [0.4, 0.5) is 8.78 Å². The van der Waals surface area contributed by atoms with Gasteiger partial charge in [0.1, 0.15) is 23.6 Å². The van der Waals surface area contributed by atoms with Crippen molar-refractivity contribution in [2.24, 2.45) is 0 Å². The van der Waals surface area contributed by atoms with Crippen LogP contribution in [0.25, 0.3) is 34.0 Å². The molecule has 1 aromatic heterocycles. The van der Waals surface area contributed by atoms with E-state index in [4.69, 9.17) is 9.78 Å². The molecule has 0 saturated heterocycles. The van der Waals surface area contributed by atoms with Gasteiger partial charge in [0.2, 0.25) is 0 Å². The summed E-state index contributed by atoms with van der Waals surface area (Å²) in [6, 6.07) is 14.8. The van der Waals surface area contributed by atoms with E-state index in [9.17, 15) is 8.78 Å². The van der Waals surface area contributed by atoms with Crippen molar-refractivity contribution in [3.05, 3.63) is 83.9 Å². The molecule has 0 aliphatic carbocycles. The van der Waals surface area contributed by atoms with Gasteiger partial charge in [0.25, 0.3) is 0 Å². The quantitative estimate of drug-likeness (QED) is 0.435. The Hall–Kier alpha value is -4.45. The van der Waals surface area contributed by atoms with Crippen molar-refractivity contribution in [1.29, 1.82) is 5.26 Å².